The van der Waals surface area contributed by atoms with Gasteiger partial charge in [0.15, 0.2) is 17.4 Å². The standard InChI is InChI=1S/C27H30N6O5S/c1-3-23(34)19-14-29-24(32-27(35)17-7-8-17)13-21(19)31-20-6-4-5-18(26(20)37-2)22-15-30-25(16-28-22)33-39(36)11-9-38-10-12-39/h4-6,13-17H,3,7-12H2,1-2H3,(H2,29,31,32,35)/i1D3. The fraction of sp³-hybridized carbons (Fsp3) is 0.370. The van der Waals surface area contributed by atoms with E-state index in [0.717, 1.165) is 12.8 Å². The van der Waals surface area contributed by atoms with Gasteiger partial charge in [-0.3, -0.25) is 14.6 Å². The van der Waals surface area contributed by atoms with Gasteiger partial charge >= 0.3 is 0 Å². The molecule has 11 nitrogen and oxygen atoms in total. The first-order valence-corrected chi connectivity index (χ1v) is 14.3. The van der Waals surface area contributed by atoms with Crippen molar-refractivity contribution in [1.29, 1.82) is 0 Å². The van der Waals surface area contributed by atoms with Crippen molar-refractivity contribution in [3.63, 3.8) is 0 Å². The Kier molecular flexibility index (Phi) is 6.77. The van der Waals surface area contributed by atoms with Crippen LogP contribution in [0.1, 0.15) is 40.6 Å². The number of aromatic nitrogens is 3. The van der Waals surface area contributed by atoms with Gasteiger partial charge in [-0.05, 0) is 25.0 Å². The lowest BCUT2D eigenvalue weighted by Crippen LogP contribution is -2.25. The van der Waals surface area contributed by atoms with Gasteiger partial charge in [-0.15, -0.1) is 0 Å². The topological polar surface area (TPSA) is 145 Å². The van der Waals surface area contributed by atoms with Gasteiger partial charge in [0.05, 0.1) is 76.6 Å². The number of ketones is 1. The van der Waals surface area contributed by atoms with Gasteiger partial charge in [0.2, 0.25) is 5.91 Å². The Labute approximate surface area is 231 Å². The maximum Gasteiger partial charge on any atom is 0.228 e. The molecule has 2 aromatic heterocycles. The van der Waals surface area contributed by atoms with Crippen molar-refractivity contribution in [3.8, 4) is 17.0 Å². The summed E-state index contributed by atoms with van der Waals surface area (Å²) in [5, 5.41) is 5.91. The average Bonchev–Trinajstić information content (AvgIpc) is 3.79. The average molecular weight is 554 g/mol. The third-order valence-electron chi connectivity index (χ3n) is 6.32. The van der Waals surface area contributed by atoms with Crippen LogP contribution < -0.4 is 15.4 Å². The fourth-order valence-electron chi connectivity index (χ4n) is 4.07. The highest BCUT2D eigenvalue weighted by atomic mass is 32.2. The van der Waals surface area contributed by atoms with Crippen LogP contribution in [0.5, 0.6) is 5.75 Å². The molecule has 3 heterocycles. The van der Waals surface area contributed by atoms with Crippen LogP contribution in [0.2, 0.25) is 0 Å². The van der Waals surface area contributed by atoms with Crippen LogP contribution in [-0.2, 0) is 19.3 Å². The van der Waals surface area contributed by atoms with Gasteiger partial charge < -0.3 is 20.1 Å². The molecule has 1 saturated heterocycles. The smallest absolute Gasteiger partial charge is 0.228 e. The van der Waals surface area contributed by atoms with Crippen molar-refractivity contribution in [2.75, 3.05) is 42.5 Å². The Morgan fingerprint density at radius 2 is 1.97 bits per heavy atom. The Bertz CT molecular complexity index is 1610. The number of pyridine rings is 1. The predicted molar refractivity (Wildman–Crippen MR) is 148 cm³/mol. The number of amides is 1. The molecule has 1 aromatic carbocycles. The highest BCUT2D eigenvalue weighted by molar-refractivity contribution is 7.93. The van der Waals surface area contributed by atoms with Gasteiger partial charge in [0.25, 0.3) is 0 Å². The number of carbonyl (C=O) groups is 2. The molecule has 1 aliphatic heterocycles. The summed E-state index contributed by atoms with van der Waals surface area (Å²) in [4.78, 5) is 38.3. The molecule has 2 N–H and O–H groups in total. The number of carbonyl (C=O) groups excluding carboxylic acids is 2. The van der Waals surface area contributed by atoms with Crippen LogP contribution in [-0.4, -0.2) is 62.7 Å². The van der Waals surface area contributed by atoms with E-state index in [0.29, 0.717) is 47.4 Å². The van der Waals surface area contributed by atoms with Crippen molar-refractivity contribution in [2.45, 2.75) is 26.1 Å². The van der Waals surface area contributed by atoms with E-state index < -0.39 is 28.8 Å². The van der Waals surface area contributed by atoms with E-state index in [9.17, 15) is 13.8 Å². The highest BCUT2D eigenvalue weighted by Crippen LogP contribution is 2.38. The van der Waals surface area contributed by atoms with E-state index in [1.807, 2.05) is 0 Å². The molecular weight excluding hydrogens is 520 g/mol. The molecule has 12 heteroatoms. The number of benzene rings is 1. The number of rotatable bonds is 9. The van der Waals surface area contributed by atoms with E-state index in [2.05, 4.69) is 29.9 Å². The van der Waals surface area contributed by atoms with E-state index in [4.69, 9.17) is 13.6 Å². The summed E-state index contributed by atoms with van der Waals surface area (Å²) in [6.07, 6.45) is 5.14. The second-order valence-electron chi connectivity index (χ2n) is 9.13. The lowest BCUT2D eigenvalue weighted by Gasteiger charge is -2.17. The molecule has 0 atom stereocenters. The second-order valence-corrected chi connectivity index (χ2v) is 11.7. The molecule has 0 spiro atoms. The molecule has 1 aliphatic carbocycles. The normalized spacial score (nSPS) is 17.7. The SMILES string of the molecule is [2H]C([2H])([2H])CC(=O)c1cnc(NC(=O)C2CC2)cc1Nc1cccc(-c2cnc(N=S3(=O)CCOCC3)cn2)c1OC. The van der Waals surface area contributed by atoms with Gasteiger partial charge in [0, 0.05) is 34.3 Å². The van der Waals surface area contributed by atoms with Gasteiger partial charge in [-0.2, -0.15) is 4.36 Å². The lowest BCUT2D eigenvalue weighted by atomic mass is 10.1. The van der Waals surface area contributed by atoms with E-state index in [-0.39, 0.29) is 34.7 Å². The summed E-state index contributed by atoms with van der Waals surface area (Å²) in [7, 11) is -0.964. The third-order valence-corrected chi connectivity index (χ3v) is 8.45. The van der Waals surface area contributed by atoms with Crippen LogP contribution >= 0.6 is 0 Å². The molecule has 204 valence electrons. The third kappa shape index (κ3) is 6.23. The van der Waals surface area contributed by atoms with E-state index >= 15 is 0 Å². The van der Waals surface area contributed by atoms with Crippen molar-refractivity contribution in [1.82, 2.24) is 15.0 Å². The number of hydrogen-bond acceptors (Lipinski definition) is 10. The second kappa shape index (κ2) is 11.5. The van der Waals surface area contributed by atoms with Crippen molar-refractivity contribution in [3.05, 3.63) is 48.4 Å². The molecule has 0 unspecified atom stereocenters. The number of ether oxygens (including phenoxy) is 2. The monoisotopic (exact) mass is 553 g/mol. The maximum absolute atomic E-state index is 13.0. The molecule has 2 aliphatic rings. The van der Waals surface area contributed by atoms with Crippen molar-refractivity contribution >= 4 is 44.4 Å². The Morgan fingerprint density at radius 3 is 2.67 bits per heavy atom. The first kappa shape index (κ1) is 23.0. The van der Waals surface area contributed by atoms with E-state index in [1.54, 1.807) is 18.2 Å². The number of anilines is 3. The zero-order valence-electron chi connectivity index (χ0n) is 24.3. The maximum atomic E-state index is 13.0. The van der Waals surface area contributed by atoms with Gasteiger partial charge in [-0.25, -0.2) is 14.2 Å². The highest BCUT2D eigenvalue weighted by Gasteiger charge is 2.30. The van der Waals surface area contributed by atoms with Gasteiger partial charge in [0.1, 0.15) is 5.82 Å². The molecule has 39 heavy (non-hydrogen) atoms. The fourth-order valence-corrected chi connectivity index (χ4v) is 5.65. The number of para-hydroxylation sites is 1. The molecule has 0 radical (unpaired) electrons. The minimum atomic E-state index is -2.47. The number of methoxy groups -OCH3 is 1. The largest absolute Gasteiger partial charge is 0.494 e. The van der Waals surface area contributed by atoms with Crippen LogP contribution in [0.3, 0.4) is 0 Å². The lowest BCUT2D eigenvalue weighted by molar-refractivity contribution is -0.117. The molecule has 1 amide bonds. The Hall–Kier alpha value is -3.90. The first-order chi connectivity index (χ1) is 20.0. The number of Topliss-reactive ketones (excluding diaryl/α,β-unsaturated/α-hetero) is 1. The van der Waals surface area contributed by atoms with Crippen molar-refractivity contribution in [2.24, 2.45) is 10.3 Å². The number of hydrogen-bond donors (Lipinski definition) is 2. The molecular formula is C27H30N6O5S. The van der Waals surface area contributed by atoms with E-state index in [1.165, 1.54) is 31.8 Å². The summed E-state index contributed by atoms with van der Waals surface area (Å²) >= 11 is 0. The van der Waals surface area contributed by atoms with Crippen LogP contribution in [0.25, 0.3) is 11.3 Å². The quantitative estimate of drug-likeness (QED) is 0.369. The Morgan fingerprint density at radius 1 is 1.15 bits per heavy atom. The molecule has 5 rings (SSSR count). The summed E-state index contributed by atoms with van der Waals surface area (Å²) < 4.78 is 50.8. The first-order valence-electron chi connectivity index (χ1n) is 13.9. The van der Waals surface area contributed by atoms with Crippen LogP contribution in [0.15, 0.2) is 47.2 Å². The number of nitrogens with one attached hydrogen (secondary N) is 2. The minimum absolute atomic E-state index is 0.0518. The van der Waals surface area contributed by atoms with Gasteiger partial charge in [-0.1, -0.05) is 12.9 Å². The summed E-state index contributed by atoms with van der Waals surface area (Å²) in [6.45, 7) is -1.69. The molecule has 0 bridgehead atoms. The zero-order valence-corrected chi connectivity index (χ0v) is 22.1. The molecule has 1 saturated carbocycles. The summed E-state index contributed by atoms with van der Waals surface area (Å²) in [5.74, 6) is 0.691. The Balaban J connectivity index is 1.46. The van der Waals surface area contributed by atoms with Crippen molar-refractivity contribution < 1.29 is 27.4 Å². The summed E-state index contributed by atoms with van der Waals surface area (Å²) in [5.41, 5.74) is 1.78. The zero-order chi connectivity index (χ0) is 29.9. The number of nitrogens with zero attached hydrogens (tertiary/aromatic N) is 4. The molecule has 2 fully saturated rings. The minimum Gasteiger partial charge on any atom is -0.494 e. The van der Waals surface area contributed by atoms with Crippen LogP contribution in [0.4, 0.5) is 23.0 Å². The predicted octanol–water partition coefficient (Wildman–Crippen LogP) is 4.36. The summed E-state index contributed by atoms with van der Waals surface area (Å²) in [6, 6.07) is 6.74. The van der Waals surface area contributed by atoms with Crippen LogP contribution in [0, 0.1) is 5.92 Å². The molecule has 3 aromatic rings.